The summed E-state index contributed by atoms with van der Waals surface area (Å²) in [5, 5.41) is 18.5. The SMILES string of the molecule is O=C(CCc1cn[nH]c1)NC1CCOCC1Oc1ccc(C(=O)O)cc1. The van der Waals surface area contributed by atoms with Crippen LogP contribution in [0.5, 0.6) is 5.75 Å². The van der Waals surface area contributed by atoms with Gasteiger partial charge in [-0.1, -0.05) is 0 Å². The van der Waals surface area contributed by atoms with Crippen molar-refractivity contribution in [3.05, 3.63) is 47.8 Å². The topological polar surface area (TPSA) is 114 Å². The van der Waals surface area contributed by atoms with Gasteiger partial charge in [0.1, 0.15) is 11.9 Å². The maximum Gasteiger partial charge on any atom is 0.335 e. The van der Waals surface area contributed by atoms with Gasteiger partial charge in [0, 0.05) is 19.2 Å². The van der Waals surface area contributed by atoms with E-state index in [1.807, 2.05) is 0 Å². The number of carboxylic acid groups (broad SMARTS) is 1. The number of nitrogens with one attached hydrogen (secondary N) is 2. The number of hydrogen-bond acceptors (Lipinski definition) is 5. The smallest absolute Gasteiger partial charge is 0.335 e. The summed E-state index contributed by atoms with van der Waals surface area (Å²) in [6, 6.07) is 6.03. The molecule has 2 unspecified atom stereocenters. The Bertz CT molecular complexity index is 730. The number of aromatic amines is 1. The third kappa shape index (κ3) is 4.82. The monoisotopic (exact) mass is 359 g/mol. The molecule has 0 spiro atoms. The number of aromatic nitrogens is 2. The van der Waals surface area contributed by atoms with Gasteiger partial charge in [0.25, 0.3) is 0 Å². The largest absolute Gasteiger partial charge is 0.486 e. The predicted molar refractivity (Wildman–Crippen MR) is 92.1 cm³/mol. The van der Waals surface area contributed by atoms with Crippen LogP contribution in [0.3, 0.4) is 0 Å². The van der Waals surface area contributed by atoms with Gasteiger partial charge in [-0.2, -0.15) is 5.10 Å². The molecule has 1 fully saturated rings. The number of carbonyl (C=O) groups excluding carboxylic acids is 1. The van der Waals surface area contributed by atoms with Gasteiger partial charge in [-0.25, -0.2) is 4.79 Å². The fraction of sp³-hybridized carbons (Fsp3) is 0.389. The zero-order valence-electron chi connectivity index (χ0n) is 14.2. The minimum Gasteiger partial charge on any atom is -0.486 e. The van der Waals surface area contributed by atoms with Crippen LogP contribution in [0.25, 0.3) is 0 Å². The molecule has 1 saturated heterocycles. The van der Waals surface area contributed by atoms with Crippen molar-refractivity contribution in [3.63, 3.8) is 0 Å². The molecule has 0 bridgehead atoms. The molecule has 138 valence electrons. The lowest BCUT2D eigenvalue weighted by Gasteiger charge is -2.32. The number of ether oxygens (including phenoxy) is 2. The maximum absolute atomic E-state index is 12.2. The summed E-state index contributed by atoms with van der Waals surface area (Å²) in [4.78, 5) is 23.1. The van der Waals surface area contributed by atoms with Crippen molar-refractivity contribution in [2.45, 2.75) is 31.4 Å². The molecule has 26 heavy (non-hydrogen) atoms. The molecule has 2 aromatic rings. The van der Waals surface area contributed by atoms with Crippen LogP contribution < -0.4 is 10.1 Å². The van der Waals surface area contributed by atoms with Crippen LogP contribution in [0.4, 0.5) is 0 Å². The summed E-state index contributed by atoms with van der Waals surface area (Å²) in [6.07, 6.45) is 4.81. The van der Waals surface area contributed by atoms with E-state index in [1.165, 1.54) is 12.1 Å². The van der Waals surface area contributed by atoms with Crippen LogP contribution in [0.15, 0.2) is 36.7 Å². The van der Waals surface area contributed by atoms with Crippen molar-refractivity contribution in [1.29, 1.82) is 0 Å². The molecule has 0 aliphatic carbocycles. The number of aromatic carboxylic acids is 1. The van der Waals surface area contributed by atoms with Gasteiger partial charge in [0.05, 0.1) is 24.4 Å². The van der Waals surface area contributed by atoms with E-state index in [-0.39, 0.29) is 23.6 Å². The molecule has 2 atom stereocenters. The highest BCUT2D eigenvalue weighted by atomic mass is 16.5. The van der Waals surface area contributed by atoms with Gasteiger partial charge in [0.15, 0.2) is 0 Å². The van der Waals surface area contributed by atoms with E-state index < -0.39 is 5.97 Å². The second-order valence-electron chi connectivity index (χ2n) is 6.13. The maximum atomic E-state index is 12.2. The lowest BCUT2D eigenvalue weighted by molar-refractivity contribution is -0.123. The quantitative estimate of drug-likeness (QED) is 0.688. The first-order chi connectivity index (χ1) is 12.6. The molecule has 0 saturated carbocycles. The number of nitrogens with zero attached hydrogens (tertiary/aromatic N) is 1. The molecular formula is C18H21N3O5. The molecule has 1 aromatic heterocycles. The first-order valence-electron chi connectivity index (χ1n) is 8.46. The summed E-state index contributed by atoms with van der Waals surface area (Å²) in [5.41, 5.74) is 1.18. The fourth-order valence-electron chi connectivity index (χ4n) is 2.80. The average Bonchev–Trinajstić information content (AvgIpc) is 3.16. The number of amides is 1. The normalized spacial score (nSPS) is 19.7. The minimum absolute atomic E-state index is 0.0482. The van der Waals surface area contributed by atoms with Crippen molar-refractivity contribution in [3.8, 4) is 5.75 Å². The molecule has 1 aliphatic rings. The summed E-state index contributed by atoms with van der Waals surface area (Å²) in [5.74, 6) is -0.489. The lowest BCUT2D eigenvalue weighted by atomic mass is 10.1. The van der Waals surface area contributed by atoms with Crippen LogP contribution in [-0.4, -0.2) is 52.5 Å². The lowest BCUT2D eigenvalue weighted by Crippen LogP contribution is -2.51. The molecule has 1 aliphatic heterocycles. The molecular weight excluding hydrogens is 338 g/mol. The standard InChI is InChI=1S/C18H21N3O5/c22-17(6-1-12-9-19-20-10-12)21-15-7-8-25-11-16(15)26-14-4-2-13(3-5-14)18(23)24/h2-5,9-10,15-16H,1,6-8,11H2,(H,19,20)(H,21,22)(H,23,24). The summed E-state index contributed by atoms with van der Waals surface area (Å²) in [7, 11) is 0. The van der Waals surface area contributed by atoms with Gasteiger partial charge < -0.3 is 19.9 Å². The molecule has 8 heteroatoms. The third-order valence-corrected chi connectivity index (χ3v) is 4.23. The molecule has 3 rings (SSSR count). The van der Waals surface area contributed by atoms with Crippen LogP contribution in [0, 0.1) is 0 Å². The van der Waals surface area contributed by atoms with E-state index in [1.54, 1.807) is 24.5 Å². The average molecular weight is 359 g/mol. The van der Waals surface area contributed by atoms with Crippen molar-refractivity contribution >= 4 is 11.9 Å². The van der Waals surface area contributed by atoms with Crippen molar-refractivity contribution in [2.75, 3.05) is 13.2 Å². The predicted octanol–water partition coefficient (Wildman–Crippen LogP) is 1.39. The first-order valence-corrected chi connectivity index (χ1v) is 8.46. The second kappa shape index (κ2) is 8.48. The number of H-pyrrole nitrogens is 1. The number of aryl methyl sites for hydroxylation is 1. The third-order valence-electron chi connectivity index (χ3n) is 4.23. The van der Waals surface area contributed by atoms with Crippen molar-refractivity contribution in [2.24, 2.45) is 0 Å². The number of carbonyl (C=O) groups is 2. The number of rotatable bonds is 7. The Morgan fingerprint density at radius 1 is 1.35 bits per heavy atom. The van der Waals surface area contributed by atoms with E-state index in [2.05, 4.69) is 15.5 Å². The van der Waals surface area contributed by atoms with Gasteiger partial charge in [-0.15, -0.1) is 0 Å². The van der Waals surface area contributed by atoms with Gasteiger partial charge in [-0.3, -0.25) is 9.89 Å². The molecule has 8 nitrogen and oxygen atoms in total. The zero-order chi connectivity index (χ0) is 18.4. The Morgan fingerprint density at radius 3 is 2.85 bits per heavy atom. The van der Waals surface area contributed by atoms with Crippen LogP contribution in [0.1, 0.15) is 28.8 Å². The summed E-state index contributed by atoms with van der Waals surface area (Å²) < 4.78 is 11.4. The summed E-state index contributed by atoms with van der Waals surface area (Å²) in [6.45, 7) is 0.928. The Balaban J connectivity index is 1.55. The van der Waals surface area contributed by atoms with Crippen molar-refractivity contribution < 1.29 is 24.2 Å². The second-order valence-corrected chi connectivity index (χ2v) is 6.13. The minimum atomic E-state index is -0.986. The highest BCUT2D eigenvalue weighted by molar-refractivity contribution is 5.87. The number of hydrogen-bond donors (Lipinski definition) is 3. The molecule has 1 amide bonds. The van der Waals surface area contributed by atoms with Crippen LogP contribution in [-0.2, 0) is 16.0 Å². The van der Waals surface area contributed by atoms with Gasteiger partial charge >= 0.3 is 5.97 Å². The molecule has 0 radical (unpaired) electrons. The highest BCUT2D eigenvalue weighted by Crippen LogP contribution is 2.19. The Morgan fingerprint density at radius 2 is 2.15 bits per heavy atom. The van der Waals surface area contributed by atoms with E-state index in [9.17, 15) is 9.59 Å². The fourth-order valence-corrected chi connectivity index (χ4v) is 2.80. The van der Waals surface area contributed by atoms with E-state index in [0.29, 0.717) is 38.2 Å². The Hall–Kier alpha value is -2.87. The van der Waals surface area contributed by atoms with E-state index in [0.717, 1.165) is 5.56 Å². The number of carboxylic acids is 1. The molecule has 1 aromatic carbocycles. The first kappa shape index (κ1) is 17.9. The van der Waals surface area contributed by atoms with Crippen LogP contribution >= 0.6 is 0 Å². The molecule has 2 heterocycles. The highest BCUT2D eigenvalue weighted by Gasteiger charge is 2.29. The number of benzene rings is 1. The Labute approximate surface area is 150 Å². The van der Waals surface area contributed by atoms with Crippen molar-refractivity contribution in [1.82, 2.24) is 15.5 Å². The summed E-state index contributed by atoms with van der Waals surface area (Å²) >= 11 is 0. The zero-order valence-corrected chi connectivity index (χ0v) is 14.2. The van der Waals surface area contributed by atoms with E-state index in [4.69, 9.17) is 14.6 Å². The van der Waals surface area contributed by atoms with Gasteiger partial charge in [-0.05, 0) is 42.7 Å². The Kier molecular flexibility index (Phi) is 5.85. The van der Waals surface area contributed by atoms with Crippen LogP contribution in [0.2, 0.25) is 0 Å². The molecule has 3 N–H and O–H groups in total. The van der Waals surface area contributed by atoms with E-state index >= 15 is 0 Å². The van der Waals surface area contributed by atoms with Gasteiger partial charge in [0.2, 0.25) is 5.91 Å².